The number of hydrogen-bond donors (Lipinski definition) is 2. The highest BCUT2D eigenvalue weighted by Crippen LogP contribution is 2.35. The van der Waals surface area contributed by atoms with Crippen LogP contribution in [0.25, 0.3) is 0 Å². The third-order valence-electron chi connectivity index (χ3n) is 4.69. The SMILES string of the molecule is CCCNC(=O)c1ccccc1NC(=O)C1CN(S(=O)(=O)CC)c2ccccc2O1. The number of para-hydroxylation sites is 3. The highest BCUT2D eigenvalue weighted by Gasteiger charge is 2.36. The molecule has 1 aliphatic heterocycles. The number of amides is 2. The summed E-state index contributed by atoms with van der Waals surface area (Å²) in [5.74, 6) is -0.611. The number of hydrogen-bond acceptors (Lipinski definition) is 5. The molecular weight excluding hydrogens is 406 g/mol. The van der Waals surface area contributed by atoms with Crippen molar-refractivity contribution in [2.45, 2.75) is 26.4 Å². The molecule has 0 aromatic heterocycles. The third-order valence-corrected chi connectivity index (χ3v) is 6.44. The molecule has 0 radical (unpaired) electrons. The topological polar surface area (TPSA) is 105 Å². The molecule has 1 aliphatic rings. The molecule has 2 N–H and O–H groups in total. The van der Waals surface area contributed by atoms with Crippen molar-refractivity contribution in [3.8, 4) is 5.75 Å². The molecule has 1 atom stereocenters. The molecule has 0 fully saturated rings. The summed E-state index contributed by atoms with van der Waals surface area (Å²) < 4.78 is 32.1. The molecule has 30 heavy (non-hydrogen) atoms. The zero-order valence-corrected chi connectivity index (χ0v) is 17.7. The van der Waals surface area contributed by atoms with E-state index in [-0.39, 0.29) is 18.2 Å². The summed E-state index contributed by atoms with van der Waals surface area (Å²) in [5, 5.41) is 5.49. The minimum atomic E-state index is -3.60. The number of nitrogens with one attached hydrogen (secondary N) is 2. The number of benzene rings is 2. The molecule has 0 aliphatic carbocycles. The van der Waals surface area contributed by atoms with Gasteiger partial charge in [0.15, 0.2) is 6.10 Å². The Morgan fingerprint density at radius 2 is 1.80 bits per heavy atom. The second kappa shape index (κ2) is 9.17. The lowest BCUT2D eigenvalue weighted by Crippen LogP contribution is -2.49. The quantitative estimate of drug-likeness (QED) is 0.700. The molecule has 1 heterocycles. The first-order valence-corrected chi connectivity index (χ1v) is 11.4. The summed E-state index contributed by atoms with van der Waals surface area (Å²) in [6, 6.07) is 13.3. The summed E-state index contributed by atoms with van der Waals surface area (Å²) in [5.41, 5.74) is 1.07. The van der Waals surface area contributed by atoms with Gasteiger partial charge in [0.2, 0.25) is 10.0 Å². The first-order chi connectivity index (χ1) is 14.4. The zero-order valence-electron chi connectivity index (χ0n) is 16.9. The number of rotatable bonds is 7. The van der Waals surface area contributed by atoms with Gasteiger partial charge >= 0.3 is 0 Å². The van der Waals surface area contributed by atoms with E-state index in [9.17, 15) is 18.0 Å². The zero-order chi connectivity index (χ0) is 21.7. The highest BCUT2D eigenvalue weighted by molar-refractivity contribution is 7.92. The molecule has 0 spiro atoms. The summed E-state index contributed by atoms with van der Waals surface area (Å²) in [6.07, 6.45) is -0.273. The fourth-order valence-corrected chi connectivity index (χ4v) is 4.22. The summed E-state index contributed by atoms with van der Waals surface area (Å²) in [6.45, 7) is 3.87. The van der Waals surface area contributed by atoms with Crippen LogP contribution in [-0.4, -0.2) is 45.2 Å². The Bertz CT molecular complexity index is 1040. The molecular formula is C21H25N3O5S. The molecule has 0 saturated carbocycles. The Balaban J connectivity index is 1.84. The Morgan fingerprint density at radius 1 is 1.10 bits per heavy atom. The van der Waals surface area contributed by atoms with Gasteiger partial charge in [-0.2, -0.15) is 0 Å². The minimum absolute atomic E-state index is 0.101. The number of sulfonamides is 1. The van der Waals surface area contributed by atoms with Gasteiger partial charge in [-0.25, -0.2) is 8.42 Å². The van der Waals surface area contributed by atoms with Crippen LogP contribution in [0.15, 0.2) is 48.5 Å². The Kier molecular flexibility index (Phi) is 6.61. The summed E-state index contributed by atoms with van der Waals surface area (Å²) in [7, 11) is -3.60. The lowest BCUT2D eigenvalue weighted by Gasteiger charge is -2.34. The van der Waals surface area contributed by atoms with Gasteiger partial charge in [0.25, 0.3) is 11.8 Å². The molecule has 1 unspecified atom stereocenters. The predicted molar refractivity (Wildman–Crippen MR) is 115 cm³/mol. The second-order valence-corrected chi connectivity index (χ2v) is 8.98. The fourth-order valence-electron chi connectivity index (χ4n) is 3.10. The van der Waals surface area contributed by atoms with Crippen molar-refractivity contribution in [3.05, 3.63) is 54.1 Å². The van der Waals surface area contributed by atoms with Crippen LogP contribution in [0.3, 0.4) is 0 Å². The fraction of sp³-hybridized carbons (Fsp3) is 0.333. The van der Waals surface area contributed by atoms with E-state index in [0.29, 0.717) is 29.2 Å². The normalized spacial score (nSPS) is 15.7. The number of carbonyl (C=O) groups excluding carboxylic acids is 2. The molecule has 8 nitrogen and oxygen atoms in total. The van der Waals surface area contributed by atoms with Gasteiger partial charge in [-0.3, -0.25) is 13.9 Å². The van der Waals surface area contributed by atoms with Crippen LogP contribution < -0.4 is 19.7 Å². The van der Waals surface area contributed by atoms with Gasteiger partial charge in [-0.15, -0.1) is 0 Å². The third kappa shape index (κ3) is 4.56. The van der Waals surface area contributed by atoms with Crippen molar-refractivity contribution in [3.63, 3.8) is 0 Å². The van der Waals surface area contributed by atoms with E-state index in [2.05, 4.69) is 10.6 Å². The molecule has 2 amide bonds. The van der Waals surface area contributed by atoms with Crippen LogP contribution in [0.1, 0.15) is 30.6 Å². The smallest absolute Gasteiger partial charge is 0.267 e. The number of fused-ring (bicyclic) bond motifs is 1. The first kappa shape index (κ1) is 21.6. The van der Waals surface area contributed by atoms with E-state index in [1.807, 2.05) is 6.92 Å². The van der Waals surface area contributed by atoms with Crippen molar-refractivity contribution in [1.29, 1.82) is 0 Å². The molecule has 0 bridgehead atoms. The van der Waals surface area contributed by atoms with Crippen molar-refractivity contribution < 1.29 is 22.7 Å². The number of ether oxygens (including phenoxy) is 1. The van der Waals surface area contributed by atoms with Gasteiger partial charge in [0, 0.05) is 6.54 Å². The van der Waals surface area contributed by atoms with Crippen molar-refractivity contribution in [1.82, 2.24) is 5.32 Å². The maximum Gasteiger partial charge on any atom is 0.267 e. The van der Waals surface area contributed by atoms with Gasteiger partial charge in [0.1, 0.15) is 5.75 Å². The lowest BCUT2D eigenvalue weighted by atomic mass is 10.1. The van der Waals surface area contributed by atoms with E-state index < -0.39 is 22.0 Å². The molecule has 2 aromatic carbocycles. The minimum Gasteiger partial charge on any atom is -0.476 e. The lowest BCUT2D eigenvalue weighted by molar-refractivity contribution is -0.122. The van der Waals surface area contributed by atoms with Crippen LogP contribution in [0.4, 0.5) is 11.4 Å². The van der Waals surface area contributed by atoms with Gasteiger partial charge in [-0.1, -0.05) is 31.2 Å². The molecule has 160 valence electrons. The van der Waals surface area contributed by atoms with E-state index in [1.54, 1.807) is 55.5 Å². The van der Waals surface area contributed by atoms with Crippen LogP contribution in [-0.2, 0) is 14.8 Å². The number of carbonyl (C=O) groups is 2. The first-order valence-electron chi connectivity index (χ1n) is 9.81. The van der Waals surface area contributed by atoms with Gasteiger partial charge in [-0.05, 0) is 37.6 Å². The maximum absolute atomic E-state index is 12.9. The van der Waals surface area contributed by atoms with Crippen molar-refractivity contribution in [2.24, 2.45) is 0 Å². The monoisotopic (exact) mass is 431 g/mol. The highest BCUT2D eigenvalue weighted by atomic mass is 32.2. The standard InChI is InChI=1S/C21H25N3O5S/c1-3-13-22-20(25)15-9-5-6-10-16(15)23-21(26)19-14-24(30(27,28)4-2)17-11-7-8-12-18(17)29-19/h5-12,19H,3-4,13-14H2,1-2H3,(H,22,25)(H,23,26). The van der Waals surface area contributed by atoms with E-state index in [0.717, 1.165) is 6.42 Å². The number of anilines is 2. The summed E-state index contributed by atoms with van der Waals surface area (Å²) >= 11 is 0. The van der Waals surface area contributed by atoms with E-state index >= 15 is 0 Å². The largest absolute Gasteiger partial charge is 0.476 e. The van der Waals surface area contributed by atoms with Crippen molar-refractivity contribution in [2.75, 3.05) is 28.5 Å². The molecule has 9 heteroatoms. The van der Waals surface area contributed by atoms with Gasteiger partial charge < -0.3 is 15.4 Å². The Morgan fingerprint density at radius 3 is 2.53 bits per heavy atom. The Hall–Kier alpha value is -3.07. The van der Waals surface area contributed by atoms with Crippen LogP contribution in [0, 0.1) is 0 Å². The predicted octanol–water partition coefficient (Wildman–Crippen LogP) is 2.38. The number of nitrogens with zero attached hydrogens (tertiary/aromatic N) is 1. The van der Waals surface area contributed by atoms with Crippen LogP contribution in [0.5, 0.6) is 5.75 Å². The molecule has 3 rings (SSSR count). The average Bonchev–Trinajstić information content (AvgIpc) is 2.76. The average molecular weight is 432 g/mol. The van der Waals surface area contributed by atoms with E-state index in [1.165, 1.54) is 4.31 Å². The van der Waals surface area contributed by atoms with E-state index in [4.69, 9.17) is 4.74 Å². The maximum atomic E-state index is 12.9. The van der Waals surface area contributed by atoms with Gasteiger partial charge in [0.05, 0.1) is 29.2 Å². The Labute approximate surface area is 176 Å². The van der Waals surface area contributed by atoms with Crippen LogP contribution >= 0.6 is 0 Å². The second-order valence-electron chi connectivity index (χ2n) is 6.80. The van der Waals surface area contributed by atoms with Crippen LogP contribution in [0.2, 0.25) is 0 Å². The van der Waals surface area contributed by atoms with Crippen molar-refractivity contribution >= 4 is 33.2 Å². The molecule has 0 saturated heterocycles. The molecule has 2 aromatic rings. The summed E-state index contributed by atoms with van der Waals surface area (Å²) in [4.78, 5) is 25.3.